The van der Waals surface area contributed by atoms with Crippen LogP contribution in [0.5, 0.6) is 5.19 Å². The van der Waals surface area contributed by atoms with E-state index in [-0.39, 0.29) is 10.9 Å². The van der Waals surface area contributed by atoms with Crippen molar-refractivity contribution in [3.8, 4) is 15.6 Å². The van der Waals surface area contributed by atoms with Crippen LogP contribution in [0.15, 0.2) is 30.5 Å². The topological polar surface area (TPSA) is 76.3 Å². The van der Waals surface area contributed by atoms with E-state index in [0.717, 1.165) is 11.3 Å². The molecule has 1 N–H and O–H groups in total. The fraction of sp³-hybridized carbons (Fsp3) is 0. The third kappa shape index (κ3) is 1.94. The zero-order valence-corrected chi connectivity index (χ0v) is 8.27. The lowest BCUT2D eigenvalue weighted by atomic mass is 10.2. The standard InChI is InChI=1S/C9H6N2O3S/c12-9-10-5-8(15-9)6-2-1-3-7(4-6)11(13)14/h1-5H,(H,10,12). The number of rotatable bonds is 2. The number of benzene rings is 1. The third-order valence-electron chi connectivity index (χ3n) is 1.83. The van der Waals surface area contributed by atoms with Gasteiger partial charge in [0.2, 0.25) is 0 Å². The smallest absolute Gasteiger partial charge is 0.271 e. The fourth-order valence-corrected chi connectivity index (χ4v) is 1.82. The molecule has 6 heteroatoms. The quantitative estimate of drug-likeness (QED) is 0.625. The largest absolute Gasteiger partial charge is 0.486 e. The summed E-state index contributed by atoms with van der Waals surface area (Å²) in [5.74, 6) is 0. The first-order valence-corrected chi connectivity index (χ1v) is 4.88. The molecule has 0 radical (unpaired) electrons. The van der Waals surface area contributed by atoms with Gasteiger partial charge >= 0.3 is 0 Å². The van der Waals surface area contributed by atoms with E-state index in [0.29, 0.717) is 10.4 Å². The number of nitrogens with zero attached hydrogens (tertiary/aromatic N) is 2. The van der Waals surface area contributed by atoms with Gasteiger partial charge in [0, 0.05) is 23.9 Å². The number of aromatic nitrogens is 1. The van der Waals surface area contributed by atoms with Gasteiger partial charge in [-0.3, -0.25) is 10.1 Å². The van der Waals surface area contributed by atoms with Crippen molar-refractivity contribution in [1.82, 2.24) is 4.98 Å². The molecule has 0 aliphatic carbocycles. The second-order valence-corrected chi connectivity index (χ2v) is 3.82. The van der Waals surface area contributed by atoms with Crippen LogP contribution in [0.2, 0.25) is 0 Å². The Hall–Kier alpha value is -1.95. The van der Waals surface area contributed by atoms with Crippen LogP contribution in [0, 0.1) is 10.1 Å². The minimum atomic E-state index is -0.454. The van der Waals surface area contributed by atoms with E-state index in [1.807, 2.05) is 0 Å². The number of non-ortho nitro benzene ring substituents is 1. The first kappa shape index (κ1) is 9.60. The molecule has 15 heavy (non-hydrogen) atoms. The Morgan fingerprint density at radius 1 is 1.47 bits per heavy atom. The van der Waals surface area contributed by atoms with Gasteiger partial charge in [-0.25, -0.2) is 4.98 Å². The van der Waals surface area contributed by atoms with E-state index in [1.165, 1.54) is 18.3 Å². The summed E-state index contributed by atoms with van der Waals surface area (Å²) in [5, 5.41) is 19.6. The van der Waals surface area contributed by atoms with Crippen LogP contribution in [0.1, 0.15) is 0 Å². The molecule has 0 aliphatic rings. The molecule has 0 unspecified atom stereocenters. The highest BCUT2D eigenvalue weighted by molar-refractivity contribution is 7.16. The van der Waals surface area contributed by atoms with Gasteiger partial charge in [-0.15, -0.1) is 0 Å². The normalized spacial score (nSPS) is 10.1. The van der Waals surface area contributed by atoms with E-state index >= 15 is 0 Å². The molecule has 0 aliphatic heterocycles. The molecule has 5 nitrogen and oxygen atoms in total. The Bertz CT molecular complexity index is 510. The van der Waals surface area contributed by atoms with E-state index in [2.05, 4.69) is 4.98 Å². The number of nitro benzene ring substituents is 1. The van der Waals surface area contributed by atoms with Gasteiger partial charge < -0.3 is 5.11 Å². The van der Waals surface area contributed by atoms with E-state index in [1.54, 1.807) is 12.1 Å². The molecule has 1 aromatic heterocycles. The van der Waals surface area contributed by atoms with Gasteiger partial charge in [0.1, 0.15) is 0 Å². The van der Waals surface area contributed by atoms with Crippen molar-refractivity contribution in [3.63, 3.8) is 0 Å². The first-order chi connectivity index (χ1) is 7.16. The summed E-state index contributed by atoms with van der Waals surface area (Å²) in [6, 6.07) is 6.21. The average Bonchev–Trinajstić information content (AvgIpc) is 2.65. The second kappa shape index (κ2) is 3.66. The molecule has 0 fully saturated rings. The first-order valence-electron chi connectivity index (χ1n) is 4.06. The maximum absolute atomic E-state index is 10.5. The van der Waals surface area contributed by atoms with Gasteiger partial charge in [-0.05, 0) is 0 Å². The van der Waals surface area contributed by atoms with Gasteiger partial charge in [-0.2, -0.15) is 0 Å². The Kier molecular flexibility index (Phi) is 2.34. The monoisotopic (exact) mass is 222 g/mol. The molecule has 0 bridgehead atoms. The number of hydrogen-bond acceptors (Lipinski definition) is 5. The molecule has 2 aromatic rings. The van der Waals surface area contributed by atoms with E-state index in [9.17, 15) is 10.1 Å². The SMILES string of the molecule is O=[N+]([O-])c1cccc(-c2cnc(O)s2)c1. The van der Waals surface area contributed by atoms with Crippen LogP contribution in [-0.4, -0.2) is 15.0 Å². The lowest BCUT2D eigenvalue weighted by molar-refractivity contribution is -0.384. The molecule has 0 saturated carbocycles. The zero-order valence-electron chi connectivity index (χ0n) is 7.45. The third-order valence-corrected chi connectivity index (χ3v) is 2.68. The molecule has 0 saturated heterocycles. The Balaban J connectivity index is 2.45. The predicted octanol–water partition coefficient (Wildman–Crippen LogP) is 2.42. The number of hydrogen-bond donors (Lipinski definition) is 1. The van der Waals surface area contributed by atoms with Gasteiger partial charge in [0.25, 0.3) is 10.9 Å². The summed E-state index contributed by atoms with van der Waals surface area (Å²) in [7, 11) is 0. The summed E-state index contributed by atoms with van der Waals surface area (Å²) >= 11 is 1.08. The van der Waals surface area contributed by atoms with E-state index < -0.39 is 4.92 Å². The highest BCUT2D eigenvalue weighted by Crippen LogP contribution is 2.31. The van der Waals surface area contributed by atoms with Crippen molar-refractivity contribution in [2.24, 2.45) is 0 Å². The molecule has 0 amide bonds. The zero-order chi connectivity index (χ0) is 10.8. The van der Waals surface area contributed by atoms with E-state index in [4.69, 9.17) is 5.11 Å². The lowest BCUT2D eigenvalue weighted by Crippen LogP contribution is -1.87. The molecule has 2 rings (SSSR count). The minimum absolute atomic E-state index is 0.0281. The summed E-state index contributed by atoms with van der Waals surface area (Å²) in [4.78, 5) is 14.5. The van der Waals surface area contributed by atoms with Crippen molar-refractivity contribution >= 4 is 17.0 Å². The molecule has 0 spiro atoms. The number of aromatic hydroxyl groups is 1. The van der Waals surface area contributed by atoms with Crippen molar-refractivity contribution in [1.29, 1.82) is 0 Å². The van der Waals surface area contributed by atoms with Crippen molar-refractivity contribution in [2.45, 2.75) is 0 Å². The predicted molar refractivity (Wildman–Crippen MR) is 55.9 cm³/mol. The Morgan fingerprint density at radius 3 is 2.87 bits per heavy atom. The van der Waals surface area contributed by atoms with Crippen LogP contribution in [0.3, 0.4) is 0 Å². The van der Waals surface area contributed by atoms with Crippen LogP contribution in [0.25, 0.3) is 10.4 Å². The Morgan fingerprint density at radius 2 is 2.27 bits per heavy atom. The Labute approximate surface area is 88.8 Å². The summed E-state index contributed by atoms with van der Waals surface area (Å²) in [5.41, 5.74) is 0.711. The summed E-state index contributed by atoms with van der Waals surface area (Å²) in [6.45, 7) is 0. The highest BCUT2D eigenvalue weighted by atomic mass is 32.1. The fourth-order valence-electron chi connectivity index (χ4n) is 1.17. The average molecular weight is 222 g/mol. The maximum Gasteiger partial charge on any atom is 0.271 e. The number of nitro groups is 1. The highest BCUT2D eigenvalue weighted by Gasteiger charge is 2.09. The molecule has 1 aromatic carbocycles. The van der Waals surface area contributed by atoms with Crippen molar-refractivity contribution in [2.75, 3.05) is 0 Å². The second-order valence-electron chi connectivity index (χ2n) is 2.81. The molecular weight excluding hydrogens is 216 g/mol. The van der Waals surface area contributed by atoms with Gasteiger partial charge in [-0.1, -0.05) is 23.5 Å². The maximum atomic E-state index is 10.5. The van der Waals surface area contributed by atoms with Crippen LogP contribution in [0.4, 0.5) is 5.69 Å². The van der Waals surface area contributed by atoms with Gasteiger partial charge in [0.15, 0.2) is 0 Å². The number of thiazole rings is 1. The molecular formula is C9H6N2O3S. The molecule has 0 atom stereocenters. The van der Waals surface area contributed by atoms with Crippen LogP contribution in [-0.2, 0) is 0 Å². The summed E-state index contributed by atoms with van der Waals surface area (Å²) in [6.07, 6.45) is 1.49. The van der Waals surface area contributed by atoms with Gasteiger partial charge in [0.05, 0.1) is 9.80 Å². The van der Waals surface area contributed by atoms with Crippen LogP contribution < -0.4 is 0 Å². The van der Waals surface area contributed by atoms with Crippen molar-refractivity contribution in [3.05, 3.63) is 40.6 Å². The lowest BCUT2D eigenvalue weighted by Gasteiger charge is -1.95. The molecule has 76 valence electrons. The molecule has 1 heterocycles. The van der Waals surface area contributed by atoms with Crippen LogP contribution >= 0.6 is 11.3 Å². The summed E-state index contributed by atoms with van der Waals surface area (Å²) < 4.78 is 0. The van der Waals surface area contributed by atoms with Crippen molar-refractivity contribution < 1.29 is 10.0 Å². The minimum Gasteiger partial charge on any atom is -0.486 e.